The molecule has 10 heteroatoms. The molecule has 1 fully saturated rings. The second-order valence-corrected chi connectivity index (χ2v) is 7.66. The van der Waals surface area contributed by atoms with Crippen LogP contribution in [-0.4, -0.2) is 64.2 Å². The Hall–Kier alpha value is -1.91. The van der Waals surface area contributed by atoms with Gasteiger partial charge in [0.25, 0.3) is 0 Å². The van der Waals surface area contributed by atoms with E-state index in [-0.39, 0.29) is 18.0 Å². The second-order valence-electron chi connectivity index (χ2n) is 6.66. The van der Waals surface area contributed by atoms with Crippen LogP contribution in [0.1, 0.15) is 12.5 Å². The second kappa shape index (κ2) is 7.61. The van der Waals surface area contributed by atoms with Gasteiger partial charge in [0.1, 0.15) is 6.54 Å². The van der Waals surface area contributed by atoms with Gasteiger partial charge in [0.05, 0.1) is 21.9 Å². The molecule has 6 nitrogen and oxygen atoms in total. The minimum absolute atomic E-state index is 0.126. The van der Waals surface area contributed by atoms with Gasteiger partial charge in [-0.1, -0.05) is 11.3 Å². The van der Waals surface area contributed by atoms with Crippen LogP contribution in [0.5, 0.6) is 0 Å². The van der Waals surface area contributed by atoms with Gasteiger partial charge in [0, 0.05) is 32.7 Å². The average molecular weight is 403 g/mol. The minimum atomic E-state index is -4.51. The minimum Gasteiger partial charge on any atom is -0.392 e. The zero-order valence-electron chi connectivity index (χ0n) is 14.7. The number of β-amino-alcohol motifs (C(OH)–C–C–N with tert-alkyl or cyclic N) is 1. The summed E-state index contributed by atoms with van der Waals surface area (Å²) in [6.45, 7) is 4.06. The number of carbonyl (C=O) groups excluding carboxylic acids is 1. The van der Waals surface area contributed by atoms with Gasteiger partial charge in [-0.05, 0) is 25.1 Å². The average Bonchev–Trinajstić information content (AvgIpc) is 2.89. The summed E-state index contributed by atoms with van der Waals surface area (Å²) < 4.78 is 40.4. The molecular weight excluding hydrogens is 383 g/mol. The summed E-state index contributed by atoms with van der Waals surface area (Å²) in [6, 6.07) is 3.12. The van der Waals surface area contributed by atoms with Crippen molar-refractivity contribution in [3.8, 4) is 0 Å². The summed E-state index contributed by atoms with van der Waals surface area (Å²) in [4.78, 5) is 27.9. The molecule has 1 saturated heterocycles. The van der Waals surface area contributed by atoms with Crippen molar-refractivity contribution < 1.29 is 23.1 Å². The fraction of sp³-hybridized carbons (Fsp3) is 0.529. The van der Waals surface area contributed by atoms with E-state index in [9.17, 15) is 27.9 Å². The van der Waals surface area contributed by atoms with Crippen molar-refractivity contribution in [1.29, 1.82) is 0 Å². The van der Waals surface area contributed by atoms with Crippen molar-refractivity contribution in [2.45, 2.75) is 25.7 Å². The molecule has 0 aliphatic carbocycles. The Labute approximate surface area is 157 Å². The zero-order valence-corrected chi connectivity index (χ0v) is 15.5. The Balaban J connectivity index is 1.75. The summed E-state index contributed by atoms with van der Waals surface area (Å²) in [5.74, 6) is -0.300. The molecule has 0 radical (unpaired) electrons. The maximum absolute atomic E-state index is 13.0. The number of fused-ring (bicyclic) bond motifs is 1. The van der Waals surface area contributed by atoms with E-state index in [0.29, 0.717) is 37.4 Å². The lowest BCUT2D eigenvalue weighted by molar-refractivity contribution is -0.137. The fourth-order valence-corrected chi connectivity index (χ4v) is 4.05. The molecule has 1 unspecified atom stereocenters. The lowest BCUT2D eigenvalue weighted by atomic mass is 10.2. The SMILES string of the molecule is CC(O)CN1CCN(C(=O)Cn2c(=O)sc3ccc(C(F)(F)F)cc32)CC1. The zero-order chi connectivity index (χ0) is 19.8. The van der Waals surface area contributed by atoms with Crippen LogP contribution in [0.25, 0.3) is 10.2 Å². The number of piperazine rings is 1. The van der Waals surface area contributed by atoms with E-state index >= 15 is 0 Å². The van der Waals surface area contributed by atoms with Crippen molar-refractivity contribution in [1.82, 2.24) is 14.4 Å². The smallest absolute Gasteiger partial charge is 0.392 e. The van der Waals surface area contributed by atoms with Gasteiger partial charge >= 0.3 is 11.0 Å². The summed E-state index contributed by atoms with van der Waals surface area (Å²) in [5, 5.41) is 9.42. The molecule has 3 rings (SSSR count). The van der Waals surface area contributed by atoms with Crippen molar-refractivity contribution in [3.05, 3.63) is 33.4 Å². The van der Waals surface area contributed by atoms with E-state index in [1.54, 1.807) is 11.8 Å². The Morgan fingerprint density at radius 2 is 1.93 bits per heavy atom. The van der Waals surface area contributed by atoms with Crippen molar-refractivity contribution in [2.24, 2.45) is 0 Å². The molecule has 1 aliphatic heterocycles. The first kappa shape index (κ1) is 19.8. The monoisotopic (exact) mass is 403 g/mol. The largest absolute Gasteiger partial charge is 0.416 e. The lowest BCUT2D eigenvalue weighted by Crippen LogP contribution is -2.51. The number of halogens is 3. The van der Waals surface area contributed by atoms with Crippen LogP contribution in [0.15, 0.2) is 23.0 Å². The van der Waals surface area contributed by atoms with Crippen molar-refractivity contribution >= 4 is 27.5 Å². The molecule has 1 N–H and O–H groups in total. The molecule has 0 bridgehead atoms. The number of alkyl halides is 3. The number of rotatable bonds is 4. The van der Waals surface area contributed by atoms with Crippen LogP contribution in [0, 0.1) is 0 Å². The highest BCUT2D eigenvalue weighted by molar-refractivity contribution is 7.16. The molecule has 27 heavy (non-hydrogen) atoms. The third kappa shape index (κ3) is 4.50. The van der Waals surface area contributed by atoms with Crippen LogP contribution >= 0.6 is 11.3 Å². The Morgan fingerprint density at radius 1 is 1.26 bits per heavy atom. The van der Waals surface area contributed by atoms with Gasteiger partial charge in [-0.25, -0.2) is 0 Å². The molecule has 0 spiro atoms. The normalized spacial score (nSPS) is 17.4. The predicted molar refractivity (Wildman–Crippen MR) is 95.8 cm³/mol. The predicted octanol–water partition coefficient (Wildman–Crippen LogP) is 1.61. The van der Waals surface area contributed by atoms with Gasteiger partial charge in [-0.2, -0.15) is 13.2 Å². The molecule has 2 heterocycles. The Kier molecular flexibility index (Phi) is 5.59. The molecule has 148 valence electrons. The van der Waals surface area contributed by atoms with Crippen LogP contribution < -0.4 is 4.87 Å². The molecule has 1 aliphatic rings. The molecule has 0 saturated carbocycles. The van der Waals surface area contributed by atoms with E-state index in [1.165, 1.54) is 6.07 Å². The number of benzene rings is 1. The first-order valence-electron chi connectivity index (χ1n) is 8.54. The molecule has 1 atom stereocenters. The van der Waals surface area contributed by atoms with Gasteiger partial charge < -0.3 is 10.0 Å². The maximum atomic E-state index is 13.0. The van der Waals surface area contributed by atoms with E-state index in [4.69, 9.17) is 0 Å². The van der Waals surface area contributed by atoms with E-state index in [2.05, 4.69) is 0 Å². The highest BCUT2D eigenvalue weighted by atomic mass is 32.1. The number of thiazole rings is 1. The van der Waals surface area contributed by atoms with Crippen LogP contribution in [0.3, 0.4) is 0 Å². The topological polar surface area (TPSA) is 65.8 Å². The number of aliphatic hydroxyl groups excluding tert-OH is 1. The van der Waals surface area contributed by atoms with Crippen molar-refractivity contribution in [3.63, 3.8) is 0 Å². The highest BCUT2D eigenvalue weighted by Crippen LogP contribution is 2.32. The summed E-state index contributed by atoms with van der Waals surface area (Å²) in [5.41, 5.74) is -0.721. The van der Waals surface area contributed by atoms with E-state index in [1.807, 2.05) is 4.90 Å². The molecule has 1 aromatic carbocycles. The molecule has 2 aromatic rings. The lowest BCUT2D eigenvalue weighted by Gasteiger charge is -2.35. The molecule has 1 aromatic heterocycles. The quantitative estimate of drug-likeness (QED) is 0.843. The van der Waals surface area contributed by atoms with Gasteiger partial charge in [-0.3, -0.25) is 19.1 Å². The van der Waals surface area contributed by atoms with Crippen LogP contribution in [0.2, 0.25) is 0 Å². The Bertz CT molecular complexity index is 883. The van der Waals surface area contributed by atoms with Gasteiger partial charge in [0.2, 0.25) is 5.91 Å². The molecule has 1 amide bonds. The number of hydrogen-bond acceptors (Lipinski definition) is 5. The van der Waals surface area contributed by atoms with E-state index < -0.39 is 22.7 Å². The number of hydrogen-bond donors (Lipinski definition) is 1. The van der Waals surface area contributed by atoms with Crippen LogP contribution in [-0.2, 0) is 17.5 Å². The highest BCUT2D eigenvalue weighted by Gasteiger charge is 2.31. The van der Waals surface area contributed by atoms with Crippen molar-refractivity contribution in [2.75, 3.05) is 32.7 Å². The fourth-order valence-electron chi connectivity index (χ4n) is 3.18. The summed E-state index contributed by atoms with van der Waals surface area (Å²) >= 11 is 0.827. The summed E-state index contributed by atoms with van der Waals surface area (Å²) in [6.07, 6.45) is -4.97. The summed E-state index contributed by atoms with van der Waals surface area (Å²) in [7, 11) is 0. The third-order valence-electron chi connectivity index (χ3n) is 4.54. The number of aromatic nitrogens is 1. The first-order chi connectivity index (χ1) is 12.6. The standard InChI is InChI=1S/C17H20F3N3O3S/c1-11(24)9-21-4-6-22(7-5-21)15(25)10-23-13-8-12(17(18,19)20)2-3-14(13)27-16(23)26/h2-3,8,11,24H,4-7,9-10H2,1H3. The van der Waals surface area contributed by atoms with Crippen LogP contribution in [0.4, 0.5) is 13.2 Å². The number of carbonyl (C=O) groups is 1. The number of aliphatic hydroxyl groups is 1. The van der Waals surface area contributed by atoms with E-state index in [0.717, 1.165) is 28.0 Å². The maximum Gasteiger partial charge on any atom is 0.416 e. The van der Waals surface area contributed by atoms with Gasteiger partial charge in [-0.15, -0.1) is 0 Å². The Morgan fingerprint density at radius 3 is 2.52 bits per heavy atom. The number of amides is 1. The first-order valence-corrected chi connectivity index (χ1v) is 9.35. The number of nitrogens with zero attached hydrogens (tertiary/aromatic N) is 3. The third-order valence-corrected chi connectivity index (χ3v) is 5.50. The van der Waals surface area contributed by atoms with Gasteiger partial charge in [0.15, 0.2) is 0 Å². The molecular formula is C17H20F3N3O3S.